The molecule has 0 aliphatic heterocycles. The van der Waals surface area contributed by atoms with Crippen LogP contribution in [0, 0.1) is 0 Å². The number of primary amides is 1. The average molecular weight is 137 g/mol. The zero-order valence-electron chi connectivity index (χ0n) is 4.29. The second-order valence-electron chi connectivity index (χ2n) is 0.857. The lowest BCUT2D eigenvalue weighted by molar-refractivity contribution is -0.134. The molecular formula is C3H7NO3S. The number of carboxylic acids is 1. The third-order valence-corrected chi connectivity index (χ3v) is 0. The van der Waals surface area contributed by atoms with Gasteiger partial charge in [0.15, 0.2) is 0 Å². The summed E-state index contributed by atoms with van der Waals surface area (Å²) in [5.41, 5.74) is 4.34. The summed E-state index contributed by atoms with van der Waals surface area (Å²) in [4.78, 5) is 18.1. The van der Waals surface area contributed by atoms with Crippen LogP contribution in [-0.4, -0.2) is 16.3 Å². The van der Waals surface area contributed by atoms with E-state index in [0.29, 0.717) is 0 Å². The van der Waals surface area contributed by atoms with Gasteiger partial charge < -0.3 is 10.8 Å². The van der Waals surface area contributed by atoms with Gasteiger partial charge in [-0.2, -0.15) is 0 Å². The molecule has 48 valence electrons. The molecule has 0 aliphatic rings. The molecule has 0 aromatic heterocycles. The largest absolute Gasteiger partial charge is 0.481 e. The highest BCUT2D eigenvalue weighted by molar-refractivity contribution is 7.96. The van der Waals surface area contributed by atoms with Crippen LogP contribution in [-0.2, 0) is 4.79 Å². The van der Waals surface area contributed by atoms with Crippen molar-refractivity contribution in [3.63, 3.8) is 0 Å². The molecule has 0 atom stereocenters. The molecule has 0 aromatic carbocycles. The van der Waals surface area contributed by atoms with Crippen molar-refractivity contribution in [1.82, 2.24) is 0 Å². The third kappa shape index (κ3) is 193. The van der Waals surface area contributed by atoms with Crippen LogP contribution in [0.2, 0.25) is 0 Å². The molecule has 1 amide bonds. The Labute approximate surface area is 52.1 Å². The molecule has 8 heavy (non-hydrogen) atoms. The minimum Gasteiger partial charge on any atom is -0.481 e. The van der Waals surface area contributed by atoms with Crippen LogP contribution in [0.4, 0.5) is 4.79 Å². The van der Waals surface area contributed by atoms with E-state index in [4.69, 9.17) is 14.7 Å². The Kier molecular flexibility index (Phi) is 8.10. The van der Waals surface area contributed by atoms with Crippen LogP contribution in [0.1, 0.15) is 6.92 Å². The van der Waals surface area contributed by atoms with Gasteiger partial charge in [-0.05, 0) is 0 Å². The summed E-state index contributed by atoms with van der Waals surface area (Å²) in [7, 11) is 0. The summed E-state index contributed by atoms with van der Waals surface area (Å²) in [5, 5.41) is 6.78. The number of hydrogen-bond acceptors (Lipinski definition) is 2. The van der Waals surface area contributed by atoms with Crippen LogP contribution < -0.4 is 5.73 Å². The van der Waals surface area contributed by atoms with E-state index in [1.165, 1.54) is 0 Å². The summed E-state index contributed by atoms with van der Waals surface area (Å²) < 4.78 is 0. The van der Waals surface area contributed by atoms with Gasteiger partial charge in [0, 0.05) is 6.92 Å². The van der Waals surface area contributed by atoms with Gasteiger partial charge in [0.05, 0.1) is 0 Å². The van der Waals surface area contributed by atoms with Crippen molar-refractivity contribution in [2.75, 3.05) is 0 Å². The lowest BCUT2D eigenvalue weighted by Gasteiger charge is -1.59. The molecule has 0 fully saturated rings. The van der Waals surface area contributed by atoms with E-state index in [2.05, 4.69) is 18.4 Å². The Balaban J connectivity index is 0. The molecule has 0 rings (SSSR count). The highest BCUT2D eigenvalue weighted by atomic mass is 32.1. The van der Waals surface area contributed by atoms with Gasteiger partial charge in [-0.3, -0.25) is 9.59 Å². The summed E-state index contributed by atoms with van der Waals surface area (Å²) in [6, 6.07) is 0. The molecule has 0 aromatic rings. The number of carbonyl (C=O) groups is 2. The van der Waals surface area contributed by atoms with Gasteiger partial charge in [-0.1, -0.05) is 12.6 Å². The van der Waals surface area contributed by atoms with E-state index in [-0.39, 0.29) is 0 Å². The predicted octanol–water partition coefficient (Wildman–Crippen LogP) is 0.0858. The molecule has 0 saturated heterocycles. The van der Waals surface area contributed by atoms with E-state index in [9.17, 15) is 0 Å². The van der Waals surface area contributed by atoms with Gasteiger partial charge in [0.25, 0.3) is 11.2 Å². The predicted molar refractivity (Wildman–Crippen MR) is 31.9 cm³/mol. The van der Waals surface area contributed by atoms with Crippen molar-refractivity contribution in [1.29, 1.82) is 0 Å². The summed E-state index contributed by atoms with van der Waals surface area (Å²) in [5.74, 6) is -0.833. The first kappa shape index (κ1) is 10.3. The maximum Gasteiger partial charge on any atom is 0.300 e. The Hall–Kier alpha value is -0.710. The number of rotatable bonds is 0. The molecule has 3 N–H and O–H groups in total. The van der Waals surface area contributed by atoms with Gasteiger partial charge >= 0.3 is 0 Å². The average Bonchev–Trinajstić information content (AvgIpc) is 1.25. The van der Waals surface area contributed by atoms with Crippen molar-refractivity contribution < 1.29 is 14.7 Å². The number of hydrogen-bond donors (Lipinski definition) is 3. The Bertz CT molecular complexity index is 72.5. The molecule has 0 spiro atoms. The lowest BCUT2D eigenvalue weighted by atomic mass is 10.9. The van der Waals surface area contributed by atoms with Crippen LogP contribution in [0.25, 0.3) is 0 Å². The summed E-state index contributed by atoms with van der Waals surface area (Å²) >= 11 is 3.10. The fraction of sp³-hybridized carbons (Fsp3) is 0.333. The highest BCUT2D eigenvalue weighted by Crippen LogP contribution is 1.60. The quantitative estimate of drug-likeness (QED) is 0.414. The second kappa shape index (κ2) is 6.29. The number of thiol groups is 1. The Morgan fingerprint density at radius 1 is 1.62 bits per heavy atom. The van der Waals surface area contributed by atoms with Gasteiger partial charge in [0.2, 0.25) is 0 Å². The number of amides is 1. The molecule has 0 radical (unpaired) electrons. The number of carboxylic acid groups (broad SMARTS) is 1. The SMILES string of the molecule is CC(=O)O.NC(=O)S. The topological polar surface area (TPSA) is 80.4 Å². The van der Waals surface area contributed by atoms with Crippen LogP contribution in [0.15, 0.2) is 0 Å². The maximum absolute atomic E-state index is 9.09. The van der Waals surface area contributed by atoms with Crippen molar-refractivity contribution in [3.8, 4) is 0 Å². The third-order valence-electron chi connectivity index (χ3n) is 0. The normalized spacial score (nSPS) is 6.25. The standard InChI is InChI=1S/C2H4O2.CH3NOS/c1-2(3)4;2-1(3)4/h1H3,(H,3,4);(H3,2,3,4). The highest BCUT2D eigenvalue weighted by Gasteiger charge is 1.65. The maximum atomic E-state index is 9.09. The summed E-state index contributed by atoms with van der Waals surface area (Å²) in [6.45, 7) is 1.08. The molecule has 4 nitrogen and oxygen atoms in total. The smallest absolute Gasteiger partial charge is 0.300 e. The minimum absolute atomic E-state index is 0.639. The molecular weight excluding hydrogens is 130 g/mol. The number of nitrogens with two attached hydrogens (primary N) is 1. The van der Waals surface area contributed by atoms with Crippen LogP contribution in [0.5, 0.6) is 0 Å². The van der Waals surface area contributed by atoms with E-state index in [1.54, 1.807) is 0 Å². The van der Waals surface area contributed by atoms with Crippen LogP contribution in [0.3, 0.4) is 0 Å². The van der Waals surface area contributed by atoms with E-state index < -0.39 is 11.2 Å². The molecule has 0 unspecified atom stereocenters. The van der Waals surface area contributed by atoms with E-state index in [1.807, 2.05) is 0 Å². The van der Waals surface area contributed by atoms with Crippen molar-refractivity contribution in [2.45, 2.75) is 6.92 Å². The Morgan fingerprint density at radius 3 is 1.62 bits per heavy atom. The van der Waals surface area contributed by atoms with E-state index in [0.717, 1.165) is 6.92 Å². The van der Waals surface area contributed by atoms with Crippen molar-refractivity contribution in [2.24, 2.45) is 5.73 Å². The Morgan fingerprint density at radius 2 is 1.62 bits per heavy atom. The van der Waals surface area contributed by atoms with Crippen LogP contribution >= 0.6 is 12.6 Å². The molecule has 0 saturated carbocycles. The molecule has 0 heterocycles. The van der Waals surface area contributed by atoms with Gasteiger partial charge in [0.1, 0.15) is 0 Å². The zero-order chi connectivity index (χ0) is 7.15. The first-order chi connectivity index (χ1) is 3.46. The lowest BCUT2D eigenvalue weighted by Crippen LogP contribution is -1.95. The molecule has 0 aliphatic carbocycles. The zero-order valence-corrected chi connectivity index (χ0v) is 5.18. The first-order valence-corrected chi connectivity index (χ1v) is 2.09. The first-order valence-electron chi connectivity index (χ1n) is 1.64. The molecule has 0 bridgehead atoms. The van der Waals surface area contributed by atoms with Crippen molar-refractivity contribution in [3.05, 3.63) is 0 Å². The van der Waals surface area contributed by atoms with Gasteiger partial charge in [-0.25, -0.2) is 0 Å². The summed E-state index contributed by atoms with van der Waals surface area (Å²) in [6.07, 6.45) is 0. The van der Waals surface area contributed by atoms with Crippen molar-refractivity contribution >= 4 is 23.8 Å². The number of carbonyl (C=O) groups excluding carboxylic acids is 1. The minimum atomic E-state index is -0.833. The van der Waals surface area contributed by atoms with Gasteiger partial charge in [-0.15, -0.1) is 0 Å². The second-order valence-corrected chi connectivity index (χ2v) is 1.30. The fourth-order valence-corrected chi connectivity index (χ4v) is 0. The number of aliphatic carboxylic acids is 1. The monoisotopic (exact) mass is 137 g/mol. The molecule has 5 heteroatoms. The fourth-order valence-electron chi connectivity index (χ4n) is 0. The van der Waals surface area contributed by atoms with E-state index >= 15 is 0 Å².